The van der Waals surface area contributed by atoms with Crippen LogP contribution in [-0.4, -0.2) is 45.5 Å². The number of piperidine rings is 1. The lowest BCUT2D eigenvalue weighted by Gasteiger charge is -2.31. The van der Waals surface area contributed by atoms with Crippen LogP contribution in [0.5, 0.6) is 0 Å². The molecule has 0 unspecified atom stereocenters. The van der Waals surface area contributed by atoms with Crippen LogP contribution in [0.2, 0.25) is 0 Å². The molecule has 0 N–H and O–H groups in total. The van der Waals surface area contributed by atoms with Crippen molar-refractivity contribution in [1.29, 1.82) is 0 Å². The molecule has 1 aliphatic heterocycles. The van der Waals surface area contributed by atoms with Crippen molar-refractivity contribution in [3.63, 3.8) is 0 Å². The third-order valence-corrected chi connectivity index (χ3v) is 5.09. The van der Waals surface area contributed by atoms with Gasteiger partial charge in [-0.1, -0.05) is 36.4 Å². The van der Waals surface area contributed by atoms with Crippen LogP contribution >= 0.6 is 0 Å². The molecule has 0 saturated carbocycles. The molecule has 0 atom stereocenters. The van der Waals surface area contributed by atoms with Gasteiger partial charge in [0.05, 0.1) is 5.92 Å². The average molecular weight is 431 g/mol. The van der Waals surface area contributed by atoms with E-state index in [1.807, 2.05) is 41.3 Å². The van der Waals surface area contributed by atoms with Crippen LogP contribution in [0, 0.1) is 5.92 Å². The van der Waals surface area contributed by atoms with Crippen molar-refractivity contribution in [2.75, 3.05) is 24.6 Å². The molecule has 0 radical (unpaired) electrons. The van der Waals surface area contributed by atoms with Gasteiger partial charge in [-0.15, -0.1) is 15.3 Å². The lowest BCUT2D eigenvalue weighted by molar-refractivity contribution is -0.148. The Morgan fingerprint density at radius 2 is 1.84 bits per heavy atom. The first-order valence-electron chi connectivity index (χ1n) is 9.84. The van der Waals surface area contributed by atoms with E-state index in [0.29, 0.717) is 36.3 Å². The van der Waals surface area contributed by atoms with Crippen LogP contribution in [0.15, 0.2) is 48.5 Å². The molecule has 1 aromatic carbocycles. The molecule has 4 rings (SSSR count). The van der Waals surface area contributed by atoms with Crippen molar-refractivity contribution >= 4 is 23.5 Å². The molecule has 1 fully saturated rings. The van der Waals surface area contributed by atoms with Crippen molar-refractivity contribution < 1.29 is 22.7 Å². The number of carbonyl (C=O) groups excluding carboxylic acids is 1. The van der Waals surface area contributed by atoms with Gasteiger partial charge < -0.3 is 9.64 Å². The molecule has 0 bridgehead atoms. The molecule has 7 nitrogen and oxygen atoms in total. The summed E-state index contributed by atoms with van der Waals surface area (Å²) in [6.45, 7) is 1.17. The minimum atomic E-state index is -4.64. The van der Waals surface area contributed by atoms with Gasteiger partial charge in [-0.25, -0.2) is 0 Å². The zero-order valence-electron chi connectivity index (χ0n) is 16.5. The molecule has 2 aromatic heterocycles. The summed E-state index contributed by atoms with van der Waals surface area (Å²) < 4.78 is 45.2. The van der Waals surface area contributed by atoms with Gasteiger partial charge in [-0.3, -0.25) is 4.79 Å². The Morgan fingerprint density at radius 1 is 1.10 bits per heavy atom. The van der Waals surface area contributed by atoms with Crippen LogP contribution in [-0.2, 0) is 15.7 Å². The molecule has 1 aliphatic rings. The number of carbonyl (C=O) groups is 1. The highest BCUT2D eigenvalue weighted by Crippen LogP contribution is 2.28. The second-order valence-electron chi connectivity index (χ2n) is 7.19. The van der Waals surface area contributed by atoms with Gasteiger partial charge in [0.25, 0.3) is 5.82 Å². The lowest BCUT2D eigenvalue weighted by Crippen LogP contribution is -2.37. The van der Waals surface area contributed by atoms with E-state index in [9.17, 15) is 18.0 Å². The van der Waals surface area contributed by atoms with E-state index in [1.165, 1.54) is 6.07 Å². The van der Waals surface area contributed by atoms with E-state index in [-0.39, 0.29) is 24.1 Å². The van der Waals surface area contributed by atoms with Crippen molar-refractivity contribution in [2.45, 2.75) is 19.0 Å². The number of ether oxygens (including phenoxy) is 1. The number of fused-ring (bicyclic) bond motifs is 1. The first-order chi connectivity index (χ1) is 14.9. The van der Waals surface area contributed by atoms with Gasteiger partial charge in [0.15, 0.2) is 5.65 Å². The Hall–Kier alpha value is -3.43. The summed E-state index contributed by atoms with van der Waals surface area (Å²) in [6, 6.07) is 12.8. The molecule has 0 amide bonds. The summed E-state index contributed by atoms with van der Waals surface area (Å²) in [7, 11) is 0. The molecule has 31 heavy (non-hydrogen) atoms. The fraction of sp³-hybridized carbons (Fsp3) is 0.333. The van der Waals surface area contributed by atoms with Gasteiger partial charge in [0.1, 0.15) is 12.4 Å². The maximum atomic E-state index is 13.1. The molecular formula is C21H20F3N5O2. The van der Waals surface area contributed by atoms with E-state index in [0.717, 1.165) is 5.56 Å². The number of hydrogen-bond donors (Lipinski definition) is 0. The second-order valence-corrected chi connectivity index (χ2v) is 7.19. The normalized spacial score (nSPS) is 15.6. The van der Waals surface area contributed by atoms with Gasteiger partial charge in [0.2, 0.25) is 0 Å². The molecular weight excluding hydrogens is 411 g/mol. The summed E-state index contributed by atoms with van der Waals surface area (Å²) in [5.74, 6) is -1.29. The second kappa shape index (κ2) is 8.75. The first kappa shape index (κ1) is 20.8. The molecule has 1 saturated heterocycles. The number of benzene rings is 1. The van der Waals surface area contributed by atoms with Crippen molar-refractivity contribution in [1.82, 2.24) is 19.8 Å². The highest BCUT2D eigenvalue weighted by Gasteiger charge is 2.38. The molecule has 10 heteroatoms. The van der Waals surface area contributed by atoms with Crippen LogP contribution < -0.4 is 4.90 Å². The Bertz CT molecular complexity index is 1070. The predicted molar refractivity (Wildman–Crippen MR) is 107 cm³/mol. The van der Waals surface area contributed by atoms with Gasteiger partial charge >= 0.3 is 12.1 Å². The first-order valence-corrected chi connectivity index (χ1v) is 9.84. The van der Waals surface area contributed by atoms with Crippen molar-refractivity contribution in [3.8, 4) is 0 Å². The van der Waals surface area contributed by atoms with E-state index in [1.54, 1.807) is 12.1 Å². The number of hydrogen-bond acceptors (Lipinski definition) is 6. The predicted octanol–water partition coefficient (Wildman–Crippen LogP) is 3.62. The van der Waals surface area contributed by atoms with E-state index in [2.05, 4.69) is 15.3 Å². The summed E-state index contributed by atoms with van der Waals surface area (Å²) in [6.07, 6.45) is 0.109. The van der Waals surface area contributed by atoms with Crippen LogP contribution in [0.3, 0.4) is 0 Å². The van der Waals surface area contributed by atoms with Gasteiger partial charge in [-0.05, 0) is 36.6 Å². The van der Waals surface area contributed by atoms with Crippen molar-refractivity contribution in [3.05, 3.63) is 59.9 Å². The number of esters is 1. The van der Waals surface area contributed by atoms with E-state index in [4.69, 9.17) is 4.74 Å². The number of anilines is 1. The molecule has 3 heterocycles. The maximum Gasteiger partial charge on any atom is 0.453 e. The standard InChI is InChI=1S/C21H20F3N5O2/c22-21(23,24)20-26-25-17-8-9-18(27-29(17)20)28-12-10-16(11-13-28)19(30)31-14-4-7-15-5-2-1-3-6-15/h1-9,16H,10-14H2/b7-4+. The van der Waals surface area contributed by atoms with Gasteiger partial charge in [0, 0.05) is 13.1 Å². The minimum Gasteiger partial charge on any atom is -0.461 e. The number of alkyl halides is 3. The average Bonchev–Trinajstić information content (AvgIpc) is 3.21. The topological polar surface area (TPSA) is 72.6 Å². The Labute approximate surface area is 176 Å². The lowest BCUT2D eigenvalue weighted by atomic mass is 9.97. The smallest absolute Gasteiger partial charge is 0.453 e. The molecule has 0 aliphatic carbocycles. The number of nitrogens with zero attached hydrogens (tertiary/aromatic N) is 5. The zero-order chi connectivity index (χ0) is 21.8. The molecule has 162 valence electrons. The Kier molecular flexibility index (Phi) is 5.88. The molecule has 3 aromatic rings. The maximum absolute atomic E-state index is 13.1. The number of halogens is 3. The number of rotatable bonds is 5. The van der Waals surface area contributed by atoms with Crippen LogP contribution in [0.25, 0.3) is 11.7 Å². The Morgan fingerprint density at radius 3 is 2.55 bits per heavy atom. The summed E-state index contributed by atoms with van der Waals surface area (Å²) in [5, 5.41) is 10.7. The summed E-state index contributed by atoms with van der Waals surface area (Å²) >= 11 is 0. The third-order valence-electron chi connectivity index (χ3n) is 5.09. The number of aromatic nitrogens is 4. The van der Waals surface area contributed by atoms with Crippen LogP contribution in [0.4, 0.5) is 19.0 Å². The fourth-order valence-electron chi connectivity index (χ4n) is 3.47. The summed E-state index contributed by atoms with van der Waals surface area (Å²) in [5.41, 5.74) is 1.05. The fourth-order valence-corrected chi connectivity index (χ4v) is 3.47. The minimum absolute atomic E-state index is 0.0260. The Balaban J connectivity index is 1.32. The van der Waals surface area contributed by atoms with E-state index < -0.39 is 12.0 Å². The highest BCUT2D eigenvalue weighted by atomic mass is 19.4. The highest BCUT2D eigenvalue weighted by molar-refractivity contribution is 5.73. The van der Waals surface area contributed by atoms with Crippen LogP contribution in [0.1, 0.15) is 24.2 Å². The largest absolute Gasteiger partial charge is 0.461 e. The van der Waals surface area contributed by atoms with E-state index >= 15 is 0 Å². The summed E-state index contributed by atoms with van der Waals surface area (Å²) in [4.78, 5) is 14.2. The monoisotopic (exact) mass is 431 g/mol. The molecule has 0 spiro atoms. The SMILES string of the molecule is O=C(OC/C=C/c1ccccc1)C1CCN(c2ccc3nnc(C(F)(F)F)n3n2)CC1. The quantitative estimate of drug-likeness (QED) is 0.575. The van der Waals surface area contributed by atoms with Crippen molar-refractivity contribution in [2.24, 2.45) is 5.92 Å². The van der Waals surface area contributed by atoms with Gasteiger partial charge in [-0.2, -0.15) is 17.7 Å². The third kappa shape index (κ3) is 4.84. The zero-order valence-corrected chi connectivity index (χ0v) is 16.5.